The van der Waals surface area contributed by atoms with E-state index in [1.54, 1.807) is 6.07 Å². The minimum atomic E-state index is -0.377. The fourth-order valence-electron chi connectivity index (χ4n) is 0.758. The number of halogens is 3. The first-order valence-corrected chi connectivity index (χ1v) is 4.15. The first-order valence-electron chi connectivity index (χ1n) is 2.98. The second kappa shape index (κ2) is 3.52. The van der Waals surface area contributed by atoms with Gasteiger partial charge in [-0.2, -0.15) is 0 Å². The van der Waals surface area contributed by atoms with E-state index in [4.69, 9.17) is 17.3 Å². The van der Waals surface area contributed by atoms with Crippen molar-refractivity contribution in [3.05, 3.63) is 33.0 Å². The van der Waals surface area contributed by atoms with Crippen molar-refractivity contribution in [3.8, 4) is 0 Å². The van der Waals surface area contributed by atoms with Gasteiger partial charge < -0.3 is 5.73 Å². The van der Waals surface area contributed by atoms with Crippen molar-refractivity contribution in [2.24, 2.45) is 5.73 Å². The summed E-state index contributed by atoms with van der Waals surface area (Å²) in [6, 6.07) is 2.87. The summed E-state index contributed by atoms with van der Waals surface area (Å²) in [5.41, 5.74) is 6.01. The molecule has 0 bridgehead atoms. The van der Waals surface area contributed by atoms with Gasteiger partial charge >= 0.3 is 0 Å². The molecule has 1 nitrogen and oxygen atoms in total. The lowest BCUT2D eigenvalue weighted by atomic mass is 10.2. The van der Waals surface area contributed by atoms with Crippen molar-refractivity contribution in [2.45, 2.75) is 6.54 Å². The van der Waals surface area contributed by atoms with Gasteiger partial charge in [0.2, 0.25) is 0 Å². The van der Waals surface area contributed by atoms with Crippen LogP contribution in [-0.4, -0.2) is 0 Å². The van der Waals surface area contributed by atoms with Gasteiger partial charge in [0, 0.05) is 11.6 Å². The summed E-state index contributed by atoms with van der Waals surface area (Å²) in [4.78, 5) is 0. The normalized spacial score (nSPS) is 10.2. The van der Waals surface area contributed by atoms with Crippen LogP contribution in [0.25, 0.3) is 0 Å². The van der Waals surface area contributed by atoms with E-state index >= 15 is 0 Å². The number of rotatable bonds is 1. The molecule has 1 aromatic carbocycles. The standard InChI is InChI=1S/C7H6BrClFN/c8-7-4(3-11)1-5(9)2-6(7)10/h1-2H,3,11H2. The Kier molecular flexibility index (Phi) is 2.87. The molecule has 0 aromatic heterocycles. The van der Waals surface area contributed by atoms with E-state index in [0.717, 1.165) is 0 Å². The zero-order chi connectivity index (χ0) is 8.43. The zero-order valence-corrected chi connectivity index (χ0v) is 7.91. The third kappa shape index (κ3) is 1.92. The first kappa shape index (κ1) is 8.97. The van der Waals surface area contributed by atoms with E-state index in [-0.39, 0.29) is 12.4 Å². The van der Waals surface area contributed by atoms with Crippen LogP contribution in [0.15, 0.2) is 16.6 Å². The quantitative estimate of drug-likeness (QED) is 0.748. The van der Waals surface area contributed by atoms with Gasteiger partial charge in [-0.15, -0.1) is 0 Å². The molecule has 0 spiro atoms. The van der Waals surface area contributed by atoms with Crippen LogP contribution in [0.4, 0.5) is 4.39 Å². The molecular weight excluding hydrogens is 232 g/mol. The van der Waals surface area contributed by atoms with Crippen LogP contribution >= 0.6 is 27.5 Å². The number of hydrogen-bond donors (Lipinski definition) is 1. The minimum absolute atomic E-state index is 0.276. The monoisotopic (exact) mass is 237 g/mol. The lowest BCUT2D eigenvalue weighted by Gasteiger charge is -2.02. The van der Waals surface area contributed by atoms with E-state index in [1.807, 2.05) is 0 Å². The van der Waals surface area contributed by atoms with Crippen LogP contribution in [0.1, 0.15) is 5.56 Å². The molecule has 0 fully saturated rings. The van der Waals surface area contributed by atoms with Crippen LogP contribution in [0.5, 0.6) is 0 Å². The first-order chi connectivity index (χ1) is 5.15. The lowest BCUT2D eigenvalue weighted by molar-refractivity contribution is 0.618. The Morgan fingerprint density at radius 1 is 1.55 bits per heavy atom. The minimum Gasteiger partial charge on any atom is -0.326 e. The molecule has 60 valence electrons. The molecule has 0 unspecified atom stereocenters. The van der Waals surface area contributed by atoms with E-state index < -0.39 is 0 Å². The van der Waals surface area contributed by atoms with Gasteiger partial charge in [0.05, 0.1) is 4.47 Å². The third-order valence-electron chi connectivity index (χ3n) is 1.29. The Balaban J connectivity index is 3.24. The van der Waals surface area contributed by atoms with Crippen LogP contribution < -0.4 is 5.73 Å². The van der Waals surface area contributed by atoms with Crippen molar-refractivity contribution >= 4 is 27.5 Å². The predicted octanol–water partition coefficient (Wildman–Crippen LogP) is 2.70. The maximum Gasteiger partial charge on any atom is 0.139 e. The van der Waals surface area contributed by atoms with Crippen molar-refractivity contribution in [3.63, 3.8) is 0 Å². The Morgan fingerprint density at radius 2 is 2.18 bits per heavy atom. The SMILES string of the molecule is NCc1cc(Cl)cc(F)c1Br. The maximum atomic E-state index is 12.8. The largest absolute Gasteiger partial charge is 0.326 e. The summed E-state index contributed by atoms with van der Waals surface area (Å²) < 4.78 is 13.2. The van der Waals surface area contributed by atoms with Gasteiger partial charge in [-0.3, -0.25) is 0 Å². The fraction of sp³-hybridized carbons (Fsp3) is 0.143. The molecule has 1 aromatic rings. The van der Waals surface area contributed by atoms with Crippen molar-refractivity contribution < 1.29 is 4.39 Å². The highest BCUT2D eigenvalue weighted by molar-refractivity contribution is 9.10. The average molecular weight is 238 g/mol. The molecule has 0 aliphatic rings. The summed E-state index contributed by atoms with van der Waals surface area (Å²) in [7, 11) is 0. The van der Waals surface area contributed by atoms with Gasteiger partial charge in [-0.05, 0) is 33.6 Å². The average Bonchev–Trinajstić information content (AvgIpc) is 1.96. The van der Waals surface area contributed by atoms with Gasteiger partial charge in [-0.25, -0.2) is 4.39 Å². The Bertz CT molecular complexity index is 277. The van der Waals surface area contributed by atoms with Gasteiger partial charge in [-0.1, -0.05) is 11.6 Å². The molecule has 2 N–H and O–H groups in total. The predicted molar refractivity (Wildman–Crippen MR) is 47.0 cm³/mol. The molecular formula is C7H6BrClFN. The molecule has 0 aliphatic carbocycles. The lowest BCUT2D eigenvalue weighted by Crippen LogP contribution is -1.98. The molecule has 0 heterocycles. The molecule has 4 heteroatoms. The smallest absolute Gasteiger partial charge is 0.139 e. The summed E-state index contributed by atoms with van der Waals surface area (Å²) in [6.07, 6.45) is 0. The van der Waals surface area contributed by atoms with Crippen LogP contribution in [-0.2, 0) is 6.54 Å². The molecule has 1 rings (SSSR count). The van der Waals surface area contributed by atoms with Crippen LogP contribution in [0.3, 0.4) is 0 Å². The summed E-state index contributed by atoms with van der Waals surface area (Å²) in [5, 5.41) is 0.367. The number of nitrogens with two attached hydrogens (primary N) is 1. The Morgan fingerprint density at radius 3 is 2.73 bits per heavy atom. The topological polar surface area (TPSA) is 26.0 Å². The van der Waals surface area contributed by atoms with E-state index in [2.05, 4.69) is 15.9 Å². The Labute approximate surface area is 77.5 Å². The molecule has 0 saturated carbocycles. The van der Waals surface area contributed by atoms with Crippen LogP contribution in [0, 0.1) is 5.82 Å². The zero-order valence-electron chi connectivity index (χ0n) is 5.57. The summed E-state index contributed by atoms with van der Waals surface area (Å²) >= 11 is 8.65. The van der Waals surface area contributed by atoms with Gasteiger partial charge in [0.1, 0.15) is 5.82 Å². The Hall–Kier alpha value is -0.120. The van der Waals surface area contributed by atoms with Crippen molar-refractivity contribution in [1.82, 2.24) is 0 Å². The molecule has 0 aliphatic heterocycles. The van der Waals surface area contributed by atoms with Gasteiger partial charge in [0.15, 0.2) is 0 Å². The van der Waals surface area contributed by atoms with Crippen LogP contribution in [0.2, 0.25) is 5.02 Å². The highest BCUT2D eigenvalue weighted by Crippen LogP contribution is 2.24. The van der Waals surface area contributed by atoms with E-state index in [1.165, 1.54) is 6.07 Å². The summed E-state index contributed by atoms with van der Waals surface area (Å²) in [5.74, 6) is -0.377. The highest BCUT2D eigenvalue weighted by atomic mass is 79.9. The third-order valence-corrected chi connectivity index (χ3v) is 2.39. The number of benzene rings is 1. The maximum absolute atomic E-state index is 12.8. The fourth-order valence-corrected chi connectivity index (χ4v) is 1.38. The van der Waals surface area contributed by atoms with Gasteiger partial charge in [0.25, 0.3) is 0 Å². The number of hydrogen-bond acceptors (Lipinski definition) is 1. The molecule has 0 amide bonds. The second-order valence-corrected chi connectivity index (χ2v) is 3.29. The highest BCUT2D eigenvalue weighted by Gasteiger charge is 2.05. The molecule has 11 heavy (non-hydrogen) atoms. The second-order valence-electron chi connectivity index (χ2n) is 2.06. The molecule has 0 radical (unpaired) electrons. The summed E-state index contributed by atoms with van der Waals surface area (Å²) in [6.45, 7) is 0.276. The molecule has 0 atom stereocenters. The van der Waals surface area contributed by atoms with E-state index in [9.17, 15) is 4.39 Å². The van der Waals surface area contributed by atoms with Crippen molar-refractivity contribution in [1.29, 1.82) is 0 Å². The molecule has 0 saturated heterocycles. The van der Waals surface area contributed by atoms with Crippen molar-refractivity contribution in [2.75, 3.05) is 0 Å². The van der Waals surface area contributed by atoms with E-state index in [0.29, 0.717) is 15.1 Å².